The second-order valence-electron chi connectivity index (χ2n) is 9.21. The average molecular weight is 606 g/mol. The topological polar surface area (TPSA) is 110 Å². The Labute approximate surface area is 244 Å². The molecule has 3 aromatic rings. The number of alkyl halides is 3. The minimum atomic E-state index is -4.89. The second kappa shape index (κ2) is 15.5. The molecule has 1 atom stereocenters. The van der Waals surface area contributed by atoms with Crippen molar-refractivity contribution in [2.75, 3.05) is 11.5 Å². The molecule has 12 heteroatoms. The Kier molecular flexibility index (Phi) is 12.1. The highest BCUT2D eigenvalue weighted by Gasteiger charge is 2.37. The number of primary amides is 1. The molecule has 0 aliphatic carbocycles. The van der Waals surface area contributed by atoms with E-state index in [1.807, 2.05) is 30.3 Å². The minimum Gasteiger partial charge on any atom is -0.368 e. The predicted molar refractivity (Wildman–Crippen MR) is 153 cm³/mol. The smallest absolute Gasteiger partial charge is 0.368 e. The van der Waals surface area contributed by atoms with E-state index in [1.54, 1.807) is 35.7 Å². The third-order valence-electron chi connectivity index (χ3n) is 6.14. The van der Waals surface area contributed by atoms with Gasteiger partial charge < -0.3 is 10.6 Å². The maximum Gasteiger partial charge on any atom is 0.450 e. The standard InChI is InChI=1S/C29H30F3N3O4S2/c30-29(31,32)25(37)19-40-16-8-13-23(27(33)39)35(17-22-18-41-28(34-22)21-11-5-2-6-12-21)26(38)15-7-14-24(36)20-9-3-1-4-10-20/h1-6,9-12,18,23H,7-8,13-17,19H2,(H2,33,39)/t23-/m0/s1. The van der Waals surface area contributed by atoms with Crippen LogP contribution in [0.4, 0.5) is 13.2 Å². The molecule has 0 aliphatic heterocycles. The van der Waals surface area contributed by atoms with E-state index in [0.29, 0.717) is 11.3 Å². The minimum absolute atomic E-state index is 0.00209. The molecule has 3 rings (SSSR count). The lowest BCUT2D eigenvalue weighted by Gasteiger charge is -2.29. The van der Waals surface area contributed by atoms with Crippen LogP contribution in [0.5, 0.6) is 0 Å². The number of ketones is 2. The summed E-state index contributed by atoms with van der Waals surface area (Å²) >= 11 is 2.20. The number of Topliss-reactive ketones (excluding diaryl/α,β-unsaturated/α-hetero) is 2. The average Bonchev–Trinajstić information content (AvgIpc) is 3.42. The van der Waals surface area contributed by atoms with Gasteiger partial charge in [0, 0.05) is 29.3 Å². The first-order valence-corrected chi connectivity index (χ1v) is 14.9. The summed E-state index contributed by atoms with van der Waals surface area (Å²) in [7, 11) is 0. The summed E-state index contributed by atoms with van der Waals surface area (Å²) in [4.78, 5) is 55.4. The molecule has 0 bridgehead atoms. The third kappa shape index (κ3) is 10.1. The number of thiazole rings is 1. The molecular weight excluding hydrogens is 575 g/mol. The Balaban J connectivity index is 1.68. The molecular formula is C29H30F3N3O4S2. The first-order valence-electron chi connectivity index (χ1n) is 12.9. The Morgan fingerprint density at radius 3 is 2.24 bits per heavy atom. The molecule has 1 aromatic heterocycles. The van der Waals surface area contributed by atoms with Crippen molar-refractivity contribution in [1.29, 1.82) is 0 Å². The normalized spacial score (nSPS) is 12.1. The quantitative estimate of drug-likeness (QED) is 0.166. The van der Waals surface area contributed by atoms with Gasteiger partial charge in [-0.2, -0.15) is 24.9 Å². The van der Waals surface area contributed by atoms with Gasteiger partial charge in [0.1, 0.15) is 11.0 Å². The second-order valence-corrected chi connectivity index (χ2v) is 11.2. The van der Waals surface area contributed by atoms with Crippen LogP contribution >= 0.6 is 23.1 Å². The van der Waals surface area contributed by atoms with Gasteiger partial charge in [-0.25, -0.2) is 4.98 Å². The van der Waals surface area contributed by atoms with Crippen molar-refractivity contribution in [1.82, 2.24) is 9.88 Å². The summed E-state index contributed by atoms with van der Waals surface area (Å²) in [5.41, 5.74) is 7.68. The number of halogens is 3. The number of carbonyl (C=O) groups is 4. The van der Waals surface area contributed by atoms with Gasteiger partial charge in [-0.3, -0.25) is 19.2 Å². The van der Waals surface area contributed by atoms with Crippen LogP contribution < -0.4 is 5.73 Å². The summed E-state index contributed by atoms with van der Waals surface area (Å²) in [6.45, 7) is 0.00209. The monoisotopic (exact) mass is 605 g/mol. The maximum absolute atomic E-state index is 13.4. The number of nitrogens with two attached hydrogens (primary N) is 1. The van der Waals surface area contributed by atoms with Gasteiger partial charge in [0.25, 0.3) is 0 Å². The zero-order chi connectivity index (χ0) is 29.8. The van der Waals surface area contributed by atoms with Crippen LogP contribution in [0.2, 0.25) is 0 Å². The zero-order valence-electron chi connectivity index (χ0n) is 22.1. The molecule has 0 radical (unpaired) electrons. The van der Waals surface area contributed by atoms with Crippen LogP contribution in [-0.4, -0.2) is 57.0 Å². The van der Waals surface area contributed by atoms with Gasteiger partial charge >= 0.3 is 6.18 Å². The molecule has 2 aromatic carbocycles. The first kappa shape index (κ1) is 32.0. The van der Waals surface area contributed by atoms with E-state index in [9.17, 15) is 32.3 Å². The summed E-state index contributed by atoms with van der Waals surface area (Å²) in [5.74, 6) is -3.61. The van der Waals surface area contributed by atoms with E-state index in [4.69, 9.17) is 5.73 Å². The van der Waals surface area contributed by atoms with Gasteiger partial charge in [0.15, 0.2) is 5.78 Å². The predicted octanol–water partition coefficient (Wildman–Crippen LogP) is 5.69. The fourth-order valence-corrected chi connectivity index (χ4v) is 5.71. The Morgan fingerprint density at radius 1 is 0.951 bits per heavy atom. The van der Waals surface area contributed by atoms with E-state index >= 15 is 0 Å². The molecule has 41 heavy (non-hydrogen) atoms. The molecule has 2 N–H and O–H groups in total. The van der Waals surface area contributed by atoms with Crippen LogP contribution in [-0.2, 0) is 20.9 Å². The van der Waals surface area contributed by atoms with Crippen molar-refractivity contribution in [2.45, 2.75) is 50.9 Å². The van der Waals surface area contributed by atoms with Crippen LogP contribution in [0.25, 0.3) is 10.6 Å². The SMILES string of the molecule is NC(=O)[C@H](CCCSCC(=O)C(F)(F)F)N(Cc1csc(-c2ccccc2)n1)C(=O)CCCC(=O)c1ccccc1. The van der Waals surface area contributed by atoms with Crippen molar-refractivity contribution in [2.24, 2.45) is 5.73 Å². The van der Waals surface area contributed by atoms with E-state index in [2.05, 4.69) is 4.98 Å². The van der Waals surface area contributed by atoms with Gasteiger partial charge in [-0.1, -0.05) is 60.7 Å². The number of thioether (sulfide) groups is 1. The van der Waals surface area contributed by atoms with E-state index < -0.39 is 29.7 Å². The van der Waals surface area contributed by atoms with Gasteiger partial charge in [-0.05, 0) is 25.0 Å². The van der Waals surface area contributed by atoms with E-state index in [-0.39, 0.29) is 56.1 Å². The number of aromatic nitrogens is 1. The largest absolute Gasteiger partial charge is 0.450 e. The molecule has 7 nitrogen and oxygen atoms in total. The first-order chi connectivity index (χ1) is 19.6. The van der Waals surface area contributed by atoms with Crippen LogP contribution in [0.1, 0.15) is 48.2 Å². The molecule has 0 fully saturated rings. The summed E-state index contributed by atoms with van der Waals surface area (Å²) in [5, 5.41) is 2.53. The molecule has 218 valence electrons. The fourth-order valence-electron chi connectivity index (χ4n) is 4.03. The summed E-state index contributed by atoms with van der Waals surface area (Å²) in [6.07, 6.45) is -4.13. The summed E-state index contributed by atoms with van der Waals surface area (Å²) < 4.78 is 37.4. The Bertz CT molecular complexity index is 1320. The van der Waals surface area contributed by atoms with Crippen LogP contribution in [0.3, 0.4) is 0 Å². The van der Waals surface area contributed by atoms with Crippen molar-refractivity contribution < 1.29 is 32.3 Å². The van der Waals surface area contributed by atoms with Crippen LogP contribution in [0, 0.1) is 0 Å². The molecule has 1 heterocycles. The number of hydrogen-bond donors (Lipinski definition) is 1. The van der Waals surface area contributed by atoms with E-state index in [0.717, 1.165) is 22.3 Å². The van der Waals surface area contributed by atoms with Gasteiger partial charge in [0.2, 0.25) is 17.6 Å². The fraction of sp³-hybridized carbons (Fsp3) is 0.345. The number of rotatable bonds is 16. The van der Waals surface area contributed by atoms with Gasteiger partial charge in [0.05, 0.1) is 18.0 Å². The number of benzene rings is 2. The lowest BCUT2D eigenvalue weighted by atomic mass is 10.0. The highest BCUT2D eigenvalue weighted by molar-refractivity contribution is 7.99. The van der Waals surface area contributed by atoms with E-state index in [1.165, 1.54) is 16.2 Å². The maximum atomic E-state index is 13.4. The molecule has 2 amide bonds. The third-order valence-corrected chi connectivity index (χ3v) is 8.12. The van der Waals surface area contributed by atoms with Crippen LogP contribution in [0.15, 0.2) is 66.0 Å². The Morgan fingerprint density at radius 2 is 1.61 bits per heavy atom. The highest BCUT2D eigenvalue weighted by atomic mass is 32.2. The molecule has 0 unspecified atom stereocenters. The Hall–Kier alpha value is -3.51. The molecule has 0 saturated heterocycles. The molecule has 0 aliphatic rings. The van der Waals surface area contributed by atoms with Crippen molar-refractivity contribution in [3.63, 3.8) is 0 Å². The van der Waals surface area contributed by atoms with Crippen molar-refractivity contribution in [3.8, 4) is 10.6 Å². The molecule has 0 spiro atoms. The lowest BCUT2D eigenvalue weighted by molar-refractivity contribution is -0.167. The lowest BCUT2D eigenvalue weighted by Crippen LogP contribution is -2.47. The number of nitrogens with zero attached hydrogens (tertiary/aromatic N) is 2. The summed E-state index contributed by atoms with van der Waals surface area (Å²) in [6, 6.07) is 17.1. The zero-order valence-corrected chi connectivity index (χ0v) is 23.8. The highest BCUT2D eigenvalue weighted by Crippen LogP contribution is 2.26. The number of amides is 2. The van der Waals surface area contributed by atoms with Gasteiger partial charge in [-0.15, -0.1) is 11.3 Å². The number of hydrogen-bond acceptors (Lipinski definition) is 7. The number of carbonyl (C=O) groups excluding carboxylic acids is 4. The van der Waals surface area contributed by atoms with Crippen molar-refractivity contribution >= 4 is 46.5 Å². The van der Waals surface area contributed by atoms with Crippen molar-refractivity contribution in [3.05, 3.63) is 77.3 Å². The molecule has 0 saturated carbocycles.